The van der Waals surface area contributed by atoms with Crippen molar-refractivity contribution in [3.63, 3.8) is 0 Å². The van der Waals surface area contributed by atoms with Gasteiger partial charge in [0.15, 0.2) is 11.5 Å². The molecule has 1 aromatic carbocycles. The molecule has 1 aromatic heterocycles. The zero-order valence-electron chi connectivity index (χ0n) is 10.4. The first kappa shape index (κ1) is 11.3. The maximum absolute atomic E-state index is 5.83. The molecule has 1 fully saturated rings. The quantitative estimate of drug-likeness (QED) is 0.757. The van der Waals surface area contributed by atoms with Crippen molar-refractivity contribution in [1.82, 2.24) is 4.98 Å². The lowest BCUT2D eigenvalue weighted by Crippen LogP contribution is -2.10. The second-order valence-corrected chi connectivity index (χ2v) is 6.74. The van der Waals surface area contributed by atoms with Gasteiger partial charge in [-0.1, -0.05) is 20.8 Å². The summed E-state index contributed by atoms with van der Waals surface area (Å²) in [5, 5.41) is 0. The molecule has 0 bridgehead atoms. The highest BCUT2D eigenvalue weighted by Gasteiger charge is 2.29. The standard InChI is InChI=1S/C14H16BrNO/c1-14(2,3)9-6-10(15)12-11(7-9)16-13(17-12)8-4-5-8/h6-8H,4-5H2,1-3H3. The van der Waals surface area contributed by atoms with Crippen LogP contribution in [0.4, 0.5) is 0 Å². The molecule has 0 saturated heterocycles. The Bertz CT molecular complexity index is 576. The third kappa shape index (κ3) is 2.01. The SMILES string of the molecule is CC(C)(C)c1cc(Br)c2oc(C3CC3)nc2c1. The molecular formula is C14H16BrNO. The van der Waals surface area contributed by atoms with Gasteiger partial charge >= 0.3 is 0 Å². The highest BCUT2D eigenvalue weighted by atomic mass is 79.9. The van der Waals surface area contributed by atoms with E-state index in [4.69, 9.17) is 4.42 Å². The highest BCUT2D eigenvalue weighted by Crippen LogP contribution is 2.42. The molecule has 2 nitrogen and oxygen atoms in total. The van der Waals surface area contributed by atoms with Crippen LogP contribution >= 0.6 is 15.9 Å². The summed E-state index contributed by atoms with van der Waals surface area (Å²) in [6.45, 7) is 6.63. The van der Waals surface area contributed by atoms with Crippen molar-refractivity contribution in [1.29, 1.82) is 0 Å². The van der Waals surface area contributed by atoms with E-state index in [0.29, 0.717) is 5.92 Å². The van der Waals surface area contributed by atoms with E-state index in [-0.39, 0.29) is 5.41 Å². The average Bonchev–Trinajstić information content (AvgIpc) is 2.97. The summed E-state index contributed by atoms with van der Waals surface area (Å²) in [4.78, 5) is 4.61. The van der Waals surface area contributed by atoms with E-state index in [1.807, 2.05) is 0 Å². The maximum atomic E-state index is 5.83. The van der Waals surface area contributed by atoms with Crippen molar-refractivity contribution in [2.45, 2.75) is 44.9 Å². The number of fused-ring (bicyclic) bond motifs is 1. The zero-order chi connectivity index (χ0) is 12.2. The van der Waals surface area contributed by atoms with E-state index < -0.39 is 0 Å². The summed E-state index contributed by atoms with van der Waals surface area (Å²) in [6, 6.07) is 4.29. The highest BCUT2D eigenvalue weighted by molar-refractivity contribution is 9.10. The minimum atomic E-state index is 0.134. The second-order valence-electron chi connectivity index (χ2n) is 5.88. The molecule has 1 aliphatic rings. The smallest absolute Gasteiger partial charge is 0.198 e. The molecule has 0 spiro atoms. The lowest BCUT2D eigenvalue weighted by molar-refractivity contribution is 0.531. The Kier molecular flexibility index (Phi) is 2.37. The Morgan fingerprint density at radius 2 is 2.00 bits per heavy atom. The number of aromatic nitrogens is 1. The number of hydrogen-bond acceptors (Lipinski definition) is 2. The fraction of sp³-hybridized carbons (Fsp3) is 0.500. The van der Waals surface area contributed by atoms with Crippen molar-refractivity contribution in [2.24, 2.45) is 0 Å². The minimum absolute atomic E-state index is 0.134. The lowest BCUT2D eigenvalue weighted by atomic mass is 9.87. The molecule has 0 radical (unpaired) electrons. The number of halogens is 1. The molecule has 1 aliphatic carbocycles. The van der Waals surface area contributed by atoms with Crippen molar-refractivity contribution in [3.8, 4) is 0 Å². The summed E-state index contributed by atoms with van der Waals surface area (Å²) >= 11 is 3.59. The average molecular weight is 294 g/mol. The number of oxazole rings is 1. The molecule has 0 aliphatic heterocycles. The normalized spacial score (nSPS) is 16.7. The van der Waals surface area contributed by atoms with Crippen LogP contribution in [0.25, 0.3) is 11.1 Å². The van der Waals surface area contributed by atoms with Crippen molar-refractivity contribution in [3.05, 3.63) is 28.1 Å². The van der Waals surface area contributed by atoms with Gasteiger partial charge in [-0.3, -0.25) is 0 Å². The van der Waals surface area contributed by atoms with Gasteiger partial charge in [-0.2, -0.15) is 0 Å². The number of nitrogens with zero attached hydrogens (tertiary/aromatic N) is 1. The van der Waals surface area contributed by atoms with Crippen LogP contribution in [0.1, 0.15) is 51.0 Å². The minimum Gasteiger partial charge on any atom is -0.439 e. The Balaban J connectivity index is 2.18. The lowest BCUT2D eigenvalue weighted by Gasteiger charge is -2.18. The third-order valence-electron chi connectivity index (χ3n) is 3.25. The van der Waals surface area contributed by atoms with Gasteiger partial charge in [-0.15, -0.1) is 0 Å². The van der Waals surface area contributed by atoms with Crippen LogP contribution in [0, 0.1) is 0 Å². The molecule has 0 amide bonds. The van der Waals surface area contributed by atoms with E-state index in [2.05, 4.69) is 53.8 Å². The van der Waals surface area contributed by atoms with E-state index in [1.54, 1.807) is 0 Å². The van der Waals surface area contributed by atoms with E-state index in [1.165, 1.54) is 18.4 Å². The van der Waals surface area contributed by atoms with Crippen LogP contribution in [-0.4, -0.2) is 4.98 Å². The predicted molar refractivity (Wildman–Crippen MR) is 72.4 cm³/mol. The van der Waals surface area contributed by atoms with Gasteiger partial charge in [0.2, 0.25) is 0 Å². The molecule has 1 heterocycles. The van der Waals surface area contributed by atoms with Gasteiger partial charge in [0.1, 0.15) is 5.52 Å². The first-order chi connectivity index (χ1) is 7.95. The van der Waals surface area contributed by atoms with Crippen molar-refractivity contribution >= 4 is 27.0 Å². The Morgan fingerprint density at radius 3 is 2.59 bits per heavy atom. The molecule has 0 N–H and O–H groups in total. The van der Waals surface area contributed by atoms with Gasteiger partial charge in [-0.05, 0) is 51.9 Å². The first-order valence-corrected chi connectivity index (χ1v) is 6.85. The Labute approximate surface area is 110 Å². The summed E-state index contributed by atoms with van der Waals surface area (Å²) in [6.07, 6.45) is 2.44. The fourth-order valence-electron chi connectivity index (χ4n) is 1.95. The molecule has 2 aromatic rings. The van der Waals surface area contributed by atoms with Crippen LogP contribution in [0.3, 0.4) is 0 Å². The van der Waals surface area contributed by atoms with Crippen LogP contribution < -0.4 is 0 Å². The molecule has 0 atom stereocenters. The molecule has 90 valence electrons. The molecule has 17 heavy (non-hydrogen) atoms. The Morgan fingerprint density at radius 1 is 1.29 bits per heavy atom. The van der Waals surface area contributed by atoms with Crippen LogP contribution in [0.2, 0.25) is 0 Å². The van der Waals surface area contributed by atoms with Gasteiger partial charge < -0.3 is 4.42 Å². The van der Waals surface area contributed by atoms with Gasteiger partial charge in [0.25, 0.3) is 0 Å². The summed E-state index contributed by atoms with van der Waals surface area (Å²) < 4.78 is 6.85. The molecule has 3 rings (SSSR count). The second kappa shape index (κ2) is 3.58. The van der Waals surface area contributed by atoms with Gasteiger partial charge in [-0.25, -0.2) is 4.98 Å². The maximum Gasteiger partial charge on any atom is 0.198 e. The molecule has 1 saturated carbocycles. The monoisotopic (exact) mass is 293 g/mol. The predicted octanol–water partition coefficient (Wildman–Crippen LogP) is 4.77. The van der Waals surface area contributed by atoms with Crippen LogP contribution in [0.5, 0.6) is 0 Å². The topological polar surface area (TPSA) is 26.0 Å². The summed E-state index contributed by atoms with van der Waals surface area (Å²) in [5.41, 5.74) is 3.29. The van der Waals surface area contributed by atoms with Crippen LogP contribution in [-0.2, 0) is 5.41 Å². The van der Waals surface area contributed by atoms with Crippen molar-refractivity contribution < 1.29 is 4.42 Å². The third-order valence-corrected chi connectivity index (χ3v) is 3.84. The van der Waals surface area contributed by atoms with Crippen molar-refractivity contribution in [2.75, 3.05) is 0 Å². The largest absolute Gasteiger partial charge is 0.439 e. The number of benzene rings is 1. The van der Waals surface area contributed by atoms with E-state index in [0.717, 1.165) is 21.5 Å². The van der Waals surface area contributed by atoms with E-state index >= 15 is 0 Å². The molecule has 3 heteroatoms. The Hall–Kier alpha value is -0.830. The summed E-state index contributed by atoms with van der Waals surface area (Å²) in [5.74, 6) is 1.47. The number of rotatable bonds is 1. The zero-order valence-corrected chi connectivity index (χ0v) is 12.0. The summed E-state index contributed by atoms with van der Waals surface area (Å²) in [7, 11) is 0. The molecular weight excluding hydrogens is 278 g/mol. The van der Waals surface area contributed by atoms with E-state index in [9.17, 15) is 0 Å². The van der Waals surface area contributed by atoms with Gasteiger partial charge in [0, 0.05) is 5.92 Å². The van der Waals surface area contributed by atoms with Crippen LogP contribution in [0.15, 0.2) is 21.0 Å². The molecule has 0 unspecified atom stereocenters. The van der Waals surface area contributed by atoms with Gasteiger partial charge in [0.05, 0.1) is 4.47 Å². The fourth-order valence-corrected chi connectivity index (χ4v) is 2.48. The number of hydrogen-bond donors (Lipinski definition) is 0. The first-order valence-electron chi connectivity index (χ1n) is 6.05.